The van der Waals surface area contributed by atoms with Gasteiger partial charge in [0.15, 0.2) is 0 Å². The Morgan fingerprint density at radius 3 is 2.62 bits per heavy atom. The van der Waals surface area contributed by atoms with Crippen LogP contribution in [-0.4, -0.2) is 25.3 Å². The highest BCUT2D eigenvalue weighted by Gasteiger charge is 2.01. The van der Waals surface area contributed by atoms with Crippen molar-refractivity contribution in [2.45, 2.75) is 6.92 Å². The molecule has 0 unspecified atom stereocenters. The largest absolute Gasteiger partial charge is 0.494 e. The maximum absolute atomic E-state index is 11.7. The molecule has 0 atom stereocenters. The molecule has 2 N–H and O–H groups in total. The van der Waals surface area contributed by atoms with Gasteiger partial charge in [0.2, 0.25) is 0 Å². The lowest BCUT2D eigenvalue weighted by Crippen LogP contribution is -2.25. The molecule has 7 heteroatoms. The monoisotopic (exact) mass is 365 g/mol. The van der Waals surface area contributed by atoms with Crippen LogP contribution in [0, 0.1) is 0 Å². The summed E-state index contributed by atoms with van der Waals surface area (Å²) in [6, 6.07) is 12.4. The first-order valence-electron chi connectivity index (χ1n) is 7.32. The van der Waals surface area contributed by atoms with Gasteiger partial charge in [0, 0.05) is 16.3 Å². The van der Waals surface area contributed by atoms with Gasteiger partial charge in [0.1, 0.15) is 5.75 Å². The van der Waals surface area contributed by atoms with Crippen LogP contribution in [0.3, 0.4) is 0 Å². The van der Waals surface area contributed by atoms with E-state index in [4.69, 9.17) is 27.9 Å². The van der Waals surface area contributed by atoms with E-state index in [-0.39, 0.29) is 12.5 Å². The van der Waals surface area contributed by atoms with Crippen molar-refractivity contribution in [2.24, 2.45) is 5.10 Å². The normalized spacial score (nSPS) is 10.6. The number of anilines is 1. The molecule has 0 saturated carbocycles. The second-order valence-electron chi connectivity index (χ2n) is 4.77. The average molecular weight is 366 g/mol. The molecule has 0 aliphatic carbocycles. The first-order valence-corrected chi connectivity index (χ1v) is 8.07. The Morgan fingerprint density at radius 2 is 1.96 bits per heavy atom. The van der Waals surface area contributed by atoms with Crippen LogP contribution in [0.2, 0.25) is 10.0 Å². The number of carbonyl (C=O) groups is 1. The number of ether oxygens (including phenoxy) is 1. The van der Waals surface area contributed by atoms with Crippen molar-refractivity contribution in [3.8, 4) is 5.75 Å². The molecule has 0 spiro atoms. The maximum atomic E-state index is 11.7. The summed E-state index contributed by atoms with van der Waals surface area (Å²) in [5.74, 6) is 0.516. The second kappa shape index (κ2) is 9.15. The van der Waals surface area contributed by atoms with Gasteiger partial charge in [-0.1, -0.05) is 29.3 Å². The summed E-state index contributed by atoms with van der Waals surface area (Å²) < 4.78 is 5.35. The van der Waals surface area contributed by atoms with Gasteiger partial charge in [0.05, 0.1) is 24.4 Å². The Bertz CT molecular complexity index is 718. The highest BCUT2D eigenvalue weighted by atomic mass is 35.5. The third-order valence-electron chi connectivity index (χ3n) is 2.97. The van der Waals surface area contributed by atoms with Gasteiger partial charge < -0.3 is 10.1 Å². The molecule has 0 aromatic heterocycles. The summed E-state index contributed by atoms with van der Waals surface area (Å²) >= 11 is 11.8. The first kappa shape index (κ1) is 18.1. The van der Waals surface area contributed by atoms with Crippen LogP contribution in [0.4, 0.5) is 5.69 Å². The highest BCUT2D eigenvalue weighted by Crippen LogP contribution is 2.19. The zero-order chi connectivity index (χ0) is 17.4. The number of hydrazone groups is 1. The Morgan fingerprint density at radius 1 is 1.21 bits per heavy atom. The number of halogens is 2. The number of hydrogen-bond donors (Lipinski definition) is 2. The molecule has 2 rings (SSSR count). The second-order valence-corrected chi connectivity index (χ2v) is 5.61. The van der Waals surface area contributed by atoms with Crippen molar-refractivity contribution in [2.75, 3.05) is 18.5 Å². The van der Waals surface area contributed by atoms with Crippen LogP contribution >= 0.6 is 23.2 Å². The van der Waals surface area contributed by atoms with Gasteiger partial charge in [-0.15, -0.1) is 0 Å². The number of nitrogens with zero attached hydrogens (tertiary/aromatic N) is 1. The third-order valence-corrected chi connectivity index (χ3v) is 3.54. The molecule has 2 aromatic rings. The van der Waals surface area contributed by atoms with Gasteiger partial charge in [-0.2, -0.15) is 5.10 Å². The molecule has 24 heavy (non-hydrogen) atoms. The fraction of sp³-hybridized carbons (Fsp3) is 0.176. The molecule has 0 aliphatic rings. The van der Waals surface area contributed by atoms with E-state index in [0.29, 0.717) is 22.2 Å². The van der Waals surface area contributed by atoms with Crippen molar-refractivity contribution < 1.29 is 9.53 Å². The van der Waals surface area contributed by atoms with Crippen LogP contribution in [0.1, 0.15) is 12.5 Å². The molecule has 0 aliphatic heterocycles. The van der Waals surface area contributed by atoms with E-state index < -0.39 is 0 Å². The van der Waals surface area contributed by atoms with Crippen LogP contribution in [0.15, 0.2) is 47.6 Å². The summed E-state index contributed by atoms with van der Waals surface area (Å²) in [4.78, 5) is 11.7. The lowest BCUT2D eigenvalue weighted by Gasteiger charge is -2.07. The van der Waals surface area contributed by atoms with Crippen molar-refractivity contribution in [3.63, 3.8) is 0 Å². The van der Waals surface area contributed by atoms with E-state index in [2.05, 4.69) is 15.8 Å². The van der Waals surface area contributed by atoms with Crippen molar-refractivity contribution in [1.29, 1.82) is 0 Å². The van der Waals surface area contributed by atoms with Crippen molar-refractivity contribution in [3.05, 3.63) is 58.1 Å². The minimum atomic E-state index is -0.273. The van der Waals surface area contributed by atoms with Gasteiger partial charge in [-0.05, 0) is 43.3 Å². The summed E-state index contributed by atoms with van der Waals surface area (Å²) in [6.07, 6.45) is 1.47. The predicted octanol–water partition coefficient (Wildman–Crippen LogP) is 3.95. The van der Waals surface area contributed by atoms with Gasteiger partial charge in [0.25, 0.3) is 5.91 Å². The van der Waals surface area contributed by atoms with Crippen LogP contribution in [-0.2, 0) is 4.79 Å². The van der Waals surface area contributed by atoms with E-state index >= 15 is 0 Å². The van der Waals surface area contributed by atoms with E-state index in [1.807, 2.05) is 31.2 Å². The topological polar surface area (TPSA) is 62.7 Å². The minimum absolute atomic E-state index is 0.0969. The summed E-state index contributed by atoms with van der Waals surface area (Å²) in [7, 11) is 0. The van der Waals surface area contributed by atoms with E-state index in [9.17, 15) is 4.79 Å². The zero-order valence-electron chi connectivity index (χ0n) is 13.1. The Kier molecular flexibility index (Phi) is 6.90. The van der Waals surface area contributed by atoms with Crippen LogP contribution in [0.5, 0.6) is 5.75 Å². The Labute approximate surface area is 150 Å². The summed E-state index contributed by atoms with van der Waals surface area (Å²) in [5.41, 5.74) is 3.91. The number of nitrogens with one attached hydrogen (secondary N) is 2. The van der Waals surface area contributed by atoms with Gasteiger partial charge in [-0.3, -0.25) is 4.79 Å². The Balaban J connectivity index is 1.79. The standard InChI is InChI=1S/C17H17Cl2N3O2/c1-2-24-15-7-5-14(6-8-15)20-11-17(23)22-21-10-12-3-4-13(18)9-16(12)19/h3-10,20H,2,11H2,1H3,(H,22,23). The van der Waals surface area contributed by atoms with Gasteiger partial charge >= 0.3 is 0 Å². The number of amides is 1. The van der Waals surface area contributed by atoms with E-state index in [0.717, 1.165) is 11.4 Å². The molecule has 1 amide bonds. The number of hydrogen-bond acceptors (Lipinski definition) is 4. The van der Waals surface area contributed by atoms with Crippen LogP contribution < -0.4 is 15.5 Å². The molecule has 5 nitrogen and oxygen atoms in total. The summed E-state index contributed by atoms with van der Waals surface area (Å²) in [5, 5.41) is 7.88. The number of carbonyl (C=O) groups excluding carboxylic acids is 1. The SMILES string of the molecule is CCOc1ccc(NCC(=O)NN=Cc2ccc(Cl)cc2Cl)cc1. The van der Waals surface area contributed by atoms with Crippen LogP contribution in [0.25, 0.3) is 0 Å². The lowest BCUT2D eigenvalue weighted by molar-refractivity contribution is -0.119. The van der Waals surface area contributed by atoms with E-state index in [1.165, 1.54) is 6.21 Å². The molecular weight excluding hydrogens is 349 g/mol. The quantitative estimate of drug-likeness (QED) is 0.576. The number of rotatable bonds is 7. The summed E-state index contributed by atoms with van der Waals surface area (Å²) in [6.45, 7) is 2.64. The average Bonchev–Trinajstić information content (AvgIpc) is 2.56. The van der Waals surface area contributed by atoms with E-state index in [1.54, 1.807) is 18.2 Å². The molecule has 0 saturated heterocycles. The highest BCUT2D eigenvalue weighted by molar-refractivity contribution is 6.36. The molecule has 126 valence electrons. The Hall–Kier alpha value is -2.24. The molecule has 0 heterocycles. The third kappa shape index (κ3) is 5.76. The number of benzene rings is 2. The lowest BCUT2D eigenvalue weighted by atomic mass is 10.2. The van der Waals surface area contributed by atoms with Crippen molar-refractivity contribution in [1.82, 2.24) is 5.43 Å². The fourth-order valence-electron chi connectivity index (χ4n) is 1.84. The fourth-order valence-corrected chi connectivity index (χ4v) is 2.29. The molecular formula is C17H17Cl2N3O2. The molecule has 0 bridgehead atoms. The zero-order valence-corrected chi connectivity index (χ0v) is 14.6. The first-order chi connectivity index (χ1) is 11.6. The maximum Gasteiger partial charge on any atom is 0.259 e. The molecule has 0 radical (unpaired) electrons. The smallest absolute Gasteiger partial charge is 0.259 e. The predicted molar refractivity (Wildman–Crippen MR) is 98.3 cm³/mol. The van der Waals surface area contributed by atoms with Crippen molar-refractivity contribution >= 4 is 41.0 Å². The molecule has 0 fully saturated rings. The molecule has 2 aromatic carbocycles. The van der Waals surface area contributed by atoms with Gasteiger partial charge in [-0.25, -0.2) is 5.43 Å². The minimum Gasteiger partial charge on any atom is -0.494 e.